The molecule has 0 radical (unpaired) electrons. The van der Waals surface area contributed by atoms with Crippen molar-refractivity contribution in [3.05, 3.63) is 216 Å². The molecule has 0 bridgehead atoms. The molecule has 1 atom stereocenters. The van der Waals surface area contributed by atoms with Crippen LogP contribution >= 0.6 is 34.8 Å². The first-order chi connectivity index (χ1) is 38.8. The number of nitrogens with zero attached hydrogens (tertiary/aromatic N) is 19. The third kappa shape index (κ3) is 17.7. The van der Waals surface area contributed by atoms with Gasteiger partial charge in [0, 0.05) is 87.0 Å². The number of ketones is 1. The van der Waals surface area contributed by atoms with E-state index in [9.17, 15) is 24.0 Å². The lowest BCUT2D eigenvalue weighted by Crippen LogP contribution is -2.47. The Bertz CT molecular complexity index is 3590. The van der Waals surface area contributed by atoms with Crippen LogP contribution in [0.2, 0.25) is 15.3 Å². The number of nitrogens with two attached hydrogens (primary N) is 1. The van der Waals surface area contributed by atoms with Crippen molar-refractivity contribution in [1.82, 2.24) is 94.3 Å². The Labute approximate surface area is 466 Å². The quantitative estimate of drug-likeness (QED) is 0.0965. The number of carboxylic acids is 2. The number of carbonyl (C=O) groups excluding carboxylic acids is 3. The zero-order valence-corrected chi connectivity index (χ0v) is 43.2. The van der Waals surface area contributed by atoms with Gasteiger partial charge in [0.25, 0.3) is 29.7 Å². The molecule has 80 heavy (non-hydrogen) atoms. The van der Waals surface area contributed by atoms with E-state index in [-0.39, 0.29) is 51.4 Å². The number of hydrogen-bond acceptors (Lipinski definition) is 20. The summed E-state index contributed by atoms with van der Waals surface area (Å²) in [5.74, 6) is -3.89. The average molecular weight is 1140 g/mol. The number of hydrogen-bond donors (Lipinski definition) is 4. The Kier molecular flexibility index (Phi) is 22.5. The minimum Gasteiger partial charge on any atom is -0.477 e. The molecule has 5 N–H and O–H groups in total. The Morgan fingerprint density at radius 2 is 1.05 bits per heavy atom. The number of benzene rings is 1. The molecule has 28 nitrogen and oxygen atoms in total. The van der Waals surface area contributed by atoms with E-state index in [4.69, 9.17) is 50.7 Å². The van der Waals surface area contributed by atoms with Crippen LogP contribution in [-0.4, -0.2) is 148 Å². The SMILES string of the molecule is C1=CCN=C1.Clc1ncccn1.NC(=O)C(=O)C(Cc1ccccc1)NC(=O)c1c(Cl)cnn1-c1ncccn1.O=C(O)c1c(Cl)cnn1-c1ncccn1.O=C(O)c1ccnn1-c1ncccn1.c1cnc(-n2cccn2)nc1. The fourth-order valence-electron chi connectivity index (χ4n) is 6.02. The number of nitrogens with one attached hydrogen (secondary N) is 1. The van der Waals surface area contributed by atoms with Gasteiger partial charge in [0.05, 0.1) is 35.2 Å². The number of primary amides is 1. The van der Waals surface area contributed by atoms with Gasteiger partial charge in [-0.25, -0.2) is 64.1 Å². The van der Waals surface area contributed by atoms with E-state index in [1.165, 1.54) is 66.5 Å². The van der Waals surface area contributed by atoms with Gasteiger partial charge in [-0.3, -0.25) is 19.4 Å². The third-order valence-corrected chi connectivity index (χ3v) is 10.2. The summed E-state index contributed by atoms with van der Waals surface area (Å²) in [7, 11) is 0. The predicted molar refractivity (Wildman–Crippen MR) is 286 cm³/mol. The standard InChI is InChI=1S/C18H15ClN6O3.C8H5ClN4O2.C8H6N4O2.C7H6N4.C4H3ClN2.C4H5N/c19-12-10-23-25(18-21-7-4-8-22-18)14(12)17(28)24-13(15(26)16(20)27)9-11-5-2-1-3-6-11;9-5-4-12-13(6(5)7(14)15)8-10-2-1-3-11-8;13-7(14)6-2-5-11-12(6)8-9-3-1-4-10-8;1-3-8-7(9-4-1)11-6-2-5-10-11;5-4-6-2-1-3-7-4;1-2-4-5-3-1/h1-8,10,13H,9H2,(H2,20,27)(H,24,28);1-4H,(H,14,15);1-5H,(H,13,14);1-6H;1-3H;1-3H,4H2. The normalized spacial score (nSPS) is 10.9. The van der Waals surface area contributed by atoms with Gasteiger partial charge in [0.1, 0.15) is 6.04 Å². The number of aromatic carboxylic acids is 2. The molecule has 0 spiro atoms. The molecule has 0 fully saturated rings. The summed E-state index contributed by atoms with van der Waals surface area (Å²) < 4.78 is 5.00. The molecular formula is C49H40Cl3N21O7. The van der Waals surface area contributed by atoms with E-state index in [0.29, 0.717) is 11.2 Å². The van der Waals surface area contributed by atoms with E-state index in [0.717, 1.165) is 21.5 Å². The van der Waals surface area contributed by atoms with E-state index in [1.807, 2.05) is 24.3 Å². The fraction of sp³-hybridized carbons (Fsp3) is 0.0612. The Morgan fingerprint density at radius 3 is 1.48 bits per heavy atom. The first-order valence-electron chi connectivity index (χ1n) is 22.6. The van der Waals surface area contributed by atoms with E-state index < -0.39 is 35.6 Å². The third-order valence-electron chi connectivity index (χ3n) is 9.43. The highest BCUT2D eigenvalue weighted by molar-refractivity contribution is 6.38. The topological polar surface area (TPSA) is 376 Å². The highest BCUT2D eigenvalue weighted by Gasteiger charge is 2.29. The number of halogens is 3. The second-order valence-electron chi connectivity index (χ2n) is 14.8. The van der Waals surface area contributed by atoms with Gasteiger partial charge in [0.15, 0.2) is 17.1 Å². The van der Waals surface area contributed by atoms with Crippen molar-refractivity contribution < 1.29 is 34.2 Å². The number of carbonyl (C=O) groups is 5. The summed E-state index contributed by atoms with van der Waals surface area (Å²) in [4.78, 5) is 101. The number of aromatic nitrogens is 18. The molecule has 404 valence electrons. The maximum Gasteiger partial charge on any atom is 0.356 e. The van der Waals surface area contributed by atoms with Crippen LogP contribution in [0.5, 0.6) is 0 Å². The molecule has 1 aliphatic heterocycles. The van der Waals surface area contributed by atoms with E-state index in [2.05, 4.69) is 80.5 Å². The van der Waals surface area contributed by atoms with Gasteiger partial charge < -0.3 is 21.3 Å². The van der Waals surface area contributed by atoms with Crippen LogP contribution in [0.1, 0.15) is 37.0 Å². The summed E-state index contributed by atoms with van der Waals surface area (Å²) in [6.45, 7) is 0.889. The maximum absolute atomic E-state index is 12.8. The molecule has 2 amide bonds. The number of carboxylic acid groups (broad SMARTS) is 2. The molecule has 1 aromatic carbocycles. The monoisotopic (exact) mass is 1140 g/mol. The first-order valence-corrected chi connectivity index (χ1v) is 23.8. The van der Waals surface area contributed by atoms with Crippen LogP contribution < -0.4 is 11.1 Å². The minimum absolute atomic E-state index is 0.0370. The summed E-state index contributed by atoms with van der Waals surface area (Å²) >= 11 is 17.1. The Morgan fingerprint density at radius 1 is 0.550 bits per heavy atom. The van der Waals surface area contributed by atoms with Crippen LogP contribution in [0.15, 0.2) is 183 Å². The molecule has 9 aromatic heterocycles. The molecule has 1 aliphatic rings. The molecule has 0 saturated carbocycles. The molecule has 11 rings (SSSR count). The zero-order valence-electron chi connectivity index (χ0n) is 41.0. The van der Waals surface area contributed by atoms with Gasteiger partial charge in [-0.1, -0.05) is 59.6 Å². The van der Waals surface area contributed by atoms with Gasteiger partial charge >= 0.3 is 11.9 Å². The van der Waals surface area contributed by atoms with Crippen LogP contribution in [0.25, 0.3) is 23.8 Å². The zero-order chi connectivity index (χ0) is 57.1. The fourth-order valence-corrected chi connectivity index (χ4v) is 6.55. The average Bonchev–Trinajstić information content (AvgIpc) is 4.38. The number of rotatable bonds is 12. The summed E-state index contributed by atoms with van der Waals surface area (Å²) in [5.41, 5.74) is 5.70. The Balaban J connectivity index is 0.000000168. The number of amides is 2. The minimum atomic E-state index is -1.18. The van der Waals surface area contributed by atoms with E-state index >= 15 is 0 Å². The van der Waals surface area contributed by atoms with Crippen molar-refractivity contribution in [3.8, 4) is 23.8 Å². The van der Waals surface area contributed by atoms with Crippen LogP contribution in [-0.2, 0) is 16.0 Å². The Hall–Kier alpha value is -10.7. The number of Topliss-reactive ketones (excluding diaryl/α,β-unsaturated/α-hetero) is 1. The van der Waals surface area contributed by atoms with Gasteiger partial charge in [0.2, 0.25) is 17.0 Å². The summed E-state index contributed by atoms with van der Waals surface area (Å²) in [6.07, 6.45) is 28.8. The van der Waals surface area contributed by atoms with Crippen molar-refractivity contribution in [3.63, 3.8) is 0 Å². The predicted octanol–water partition coefficient (Wildman–Crippen LogP) is 4.50. The van der Waals surface area contributed by atoms with Gasteiger partial charge in [-0.2, -0.15) is 34.4 Å². The molecule has 31 heteroatoms. The molecule has 10 aromatic rings. The molecular weight excluding hydrogens is 1100 g/mol. The van der Waals surface area contributed by atoms with Crippen molar-refractivity contribution >= 4 is 70.6 Å². The molecule has 0 saturated heterocycles. The van der Waals surface area contributed by atoms with E-state index in [1.54, 1.807) is 103 Å². The second kappa shape index (κ2) is 30.7. The first kappa shape index (κ1) is 58.5. The van der Waals surface area contributed by atoms with Gasteiger partial charge in [-0.15, -0.1) is 0 Å². The maximum atomic E-state index is 12.8. The smallest absolute Gasteiger partial charge is 0.356 e. The van der Waals surface area contributed by atoms with Crippen LogP contribution in [0.3, 0.4) is 0 Å². The highest BCUT2D eigenvalue weighted by Crippen LogP contribution is 2.19. The molecule has 1 unspecified atom stereocenters. The van der Waals surface area contributed by atoms with Crippen molar-refractivity contribution in [2.45, 2.75) is 12.5 Å². The van der Waals surface area contributed by atoms with Crippen LogP contribution in [0.4, 0.5) is 0 Å². The molecule has 0 aliphatic carbocycles. The van der Waals surface area contributed by atoms with Crippen LogP contribution in [0, 0.1) is 0 Å². The lowest BCUT2D eigenvalue weighted by atomic mass is 10.0. The van der Waals surface area contributed by atoms with Crippen molar-refractivity contribution in [1.29, 1.82) is 0 Å². The lowest BCUT2D eigenvalue weighted by molar-refractivity contribution is -0.137. The van der Waals surface area contributed by atoms with Crippen molar-refractivity contribution in [2.24, 2.45) is 10.7 Å². The van der Waals surface area contributed by atoms with Crippen molar-refractivity contribution in [2.75, 3.05) is 6.54 Å². The number of aliphatic imine (C=N–C) groups is 1. The summed E-state index contributed by atoms with van der Waals surface area (Å²) in [6, 6.07) is 19.3. The highest BCUT2D eigenvalue weighted by atomic mass is 35.5. The largest absolute Gasteiger partial charge is 0.477 e. The molecule has 10 heterocycles. The lowest BCUT2D eigenvalue weighted by Gasteiger charge is -2.17. The summed E-state index contributed by atoms with van der Waals surface area (Å²) in [5, 5.41) is 36.2. The second-order valence-corrected chi connectivity index (χ2v) is 15.9. The number of allylic oxidation sites excluding steroid dienone is 1. The van der Waals surface area contributed by atoms with Gasteiger partial charge in [-0.05, 0) is 65.7 Å².